The lowest BCUT2D eigenvalue weighted by Crippen LogP contribution is -2.51. The van der Waals surface area contributed by atoms with Gasteiger partial charge < -0.3 is 19.7 Å². The molecular formula is C30H37N3O6S. The van der Waals surface area contributed by atoms with Crippen LogP contribution in [-0.2, 0) is 26.2 Å². The fourth-order valence-electron chi connectivity index (χ4n) is 4.59. The van der Waals surface area contributed by atoms with E-state index in [4.69, 9.17) is 9.47 Å². The lowest BCUT2D eigenvalue weighted by Gasteiger charge is -2.33. The zero-order valence-electron chi connectivity index (χ0n) is 23.8. The molecule has 0 spiro atoms. The number of hydrogen-bond acceptors (Lipinski definition) is 6. The molecule has 0 unspecified atom stereocenters. The van der Waals surface area contributed by atoms with E-state index < -0.39 is 28.5 Å². The Morgan fingerprint density at radius 3 is 2.08 bits per heavy atom. The SMILES string of the molecule is CC[C@@H](C(=O)NC)N(Cc1ccccc1)C(=O)CN(c1cc(C)cc(C)c1)S(=O)(=O)c1ccc(OC)c(OC)c1. The number of ether oxygens (including phenoxy) is 2. The van der Waals surface area contributed by atoms with Crippen molar-refractivity contribution < 1.29 is 27.5 Å². The van der Waals surface area contributed by atoms with Gasteiger partial charge in [0.2, 0.25) is 11.8 Å². The van der Waals surface area contributed by atoms with E-state index in [1.54, 1.807) is 12.1 Å². The third-order valence-electron chi connectivity index (χ3n) is 6.54. The standard InChI is InChI=1S/C30H37N3O6S/c1-7-26(30(35)31-4)32(19-23-11-9-8-10-12-23)29(34)20-33(24-16-21(2)15-22(3)17-24)40(36,37)25-13-14-27(38-5)28(18-25)39-6/h8-18,26H,7,19-20H2,1-6H3,(H,31,35)/t26-/m0/s1. The Labute approximate surface area is 236 Å². The molecule has 3 aromatic carbocycles. The first-order chi connectivity index (χ1) is 19.0. The summed E-state index contributed by atoms with van der Waals surface area (Å²) >= 11 is 0. The van der Waals surface area contributed by atoms with Gasteiger partial charge in [0, 0.05) is 19.7 Å². The van der Waals surface area contributed by atoms with Crippen molar-refractivity contribution in [2.45, 2.75) is 44.7 Å². The minimum atomic E-state index is -4.26. The zero-order valence-corrected chi connectivity index (χ0v) is 24.6. The number of methoxy groups -OCH3 is 2. The van der Waals surface area contributed by atoms with Gasteiger partial charge >= 0.3 is 0 Å². The number of anilines is 1. The molecule has 0 aromatic heterocycles. The van der Waals surface area contributed by atoms with E-state index in [0.29, 0.717) is 17.9 Å². The number of nitrogens with zero attached hydrogens (tertiary/aromatic N) is 2. The summed E-state index contributed by atoms with van der Waals surface area (Å²) in [6.07, 6.45) is 0.351. The monoisotopic (exact) mass is 567 g/mol. The summed E-state index contributed by atoms with van der Waals surface area (Å²) in [5, 5.41) is 2.63. The van der Waals surface area contributed by atoms with Crippen LogP contribution >= 0.6 is 0 Å². The lowest BCUT2D eigenvalue weighted by atomic mass is 10.1. The molecule has 1 atom stereocenters. The highest BCUT2D eigenvalue weighted by atomic mass is 32.2. The van der Waals surface area contributed by atoms with Crippen LogP contribution in [0.4, 0.5) is 5.69 Å². The largest absolute Gasteiger partial charge is 0.493 e. The Morgan fingerprint density at radius 2 is 1.52 bits per heavy atom. The molecule has 0 aliphatic heterocycles. The van der Waals surface area contributed by atoms with Crippen LogP contribution < -0.4 is 19.1 Å². The van der Waals surface area contributed by atoms with Gasteiger partial charge in [-0.15, -0.1) is 0 Å². The van der Waals surface area contributed by atoms with Crippen LogP contribution in [0, 0.1) is 13.8 Å². The van der Waals surface area contributed by atoms with Gasteiger partial charge in [-0.2, -0.15) is 0 Å². The maximum atomic E-state index is 14.1. The van der Waals surface area contributed by atoms with Crippen molar-refractivity contribution in [1.82, 2.24) is 10.2 Å². The van der Waals surface area contributed by atoms with Crippen molar-refractivity contribution in [3.05, 3.63) is 83.4 Å². The van der Waals surface area contributed by atoms with Crippen molar-refractivity contribution in [3.63, 3.8) is 0 Å². The Bertz CT molecular complexity index is 1420. The van der Waals surface area contributed by atoms with E-state index in [2.05, 4.69) is 5.32 Å². The fraction of sp³-hybridized carbons (Fsp3) is 0.333. The van der Waals surface area contributed by atoms with Crippen LogP contribution in [0.25, 0.3) is 0 Å². The topological polar surface area (TPSA) is 105 Å². The number of nitrogens with one attached hydrogen (secondary N) is 1. The molecule has 9 nitrogen and oxygen atoms in total. The second-order valence-electron chi connectivity index (χ2n) is 9.42. The Kier molecular flexibility index (Phi) is 10.2. The van der Waals surface area contributed by atoms with Gasteiger partial charge in [-0.25, -0.2) is 8.42 Å². The summed E-state index contributed by atoms with van der Waals surface area (Å²) in [6.45, 7) is 5.16. The molecular weight excluding hydrogens is 530 g/mol. The third kappa shape index (κ3) is 6.93. The van der Waals surface area contributed by atoms with Gasteiger partial charge in [-0.05, 0) is 61.2 Å². The Hall–Kier alpha value is -4.05. The molecule has 10 heteroatoms. The molecule has 3 rings (SSSR count). The summed E-state index contributed by atoms with van der Waals surface area (Å²) in [7, 11) is 0.142. The van der Waals surface area contributed by atoms with Gasteiger partial charge in [0.1, 0.15) is 12.6 Å². The number of amides is 2. The first-order valence-electron chi connectivity index (χ1n) is 12.9. The molecule has 0 bridgehead atoms. The number of rotatable bonds is 12. The lowest BCUT2D eigenvalue weighted by molar-refractivity contribution is -0.140. The van der Waals surface area contributed by atoms with Crippen molar-refractivity contribution in [1.29, 1.82) is 0 Å². The molecule has 214 valence electrons. The number of hydrogen-bond donors (Lipinski definition) is 1. The maximum absolute atomic E-state index is 14.1. The van der Waals surface area contributed by atoms with Crippen molar-refractivity contribution >= 4 is 27.5 Å². The molecule has 0 radical (unpaired) electrons. The average Bonchev–Trinajstić information content (AvgIpc) is 2.94. The van der Waals surface area contributed by atoms with Crippen LogP contribution in [0.2, 0.25) is 0 Å². The van der Waals surface area contributed by atoms with Gasteiger partial charge in [0.15, 0.2) is 11.5 Å². The number of carbonyl (C=O) groups is 2. The van der Waals surface area contributed by atoms with E-state index >= 15 is 0 Å². The fourth-order valence-corrected chi connectivity index (χ4v) is 6.01. The van der Waals surface area contributed by atoms with Gasteiger partial charge in [0.25, 0.3) is 10.0 Å². The van der Waals surface area contributed by atoms with Crippen molar-refractivity contribution in [3.8, 4) is 11.5 Å². The highest BCUT2D eigenvalue weighted by Gasteiger charge is 2.34. The Morgan fingerprint density at radius 1 is 0.900 bits per heavy atom. The predicted molar refractivity (Wildman–Crippen MR) is 155 cm³/mol. The molecule has 0 saturated heterocycles. The minimum absolute atomic E-state index is 0.0648. The highest BCUT2D eigenvalue weighted by molar-refractivity contribution is 7.92. The molecule has 0 aliphatic rings. The highest BCUT2D eigenvalue weighted by Crippen LogP contribution is 2.33. The molecule has 40 heavy (non-hydrogen) atoms. The number of carbonyl (C=O) groups excluding carboxylic acids is 2. The second kappa shape index (κ2) is 13.3. The second-order valence-corrected chi connectivity index (χ2v) is 11.3. The van der Waals surface area contributed by atoms with Gasteiger partial charge in [0.05, 0.1) is 24.8 Å². The summed E-state index contributed by atoms with van der Waals surface area (Å²) < 4.78 is 40.0. The minimum Gasteiger partial charge on any atom is -0.493 e. The van der Waals surface area contributed by atoms with Crippen LogP contribution in [-0.4, -0.2) is 59.0 Å². The summed E-state index contributed by atoms with van der Waals surface area (Å²) in [5.74, 6) is -0.220. The summed E-state index contributed by atoms with van der Waals surface area (Å²) in [6, 6.07) is 18.1. The number of likely N-dealkylation sites (N-methyl/N-ethyl adjacent to an activating group) is 1. The first-order valence-corrected chi connectivity index (χ1v) is 14.4. The smallest absolute Gasteiger partial charge is 0.264 e. The van der Waals surface area contributed by atoms with E-state index in [0.717, 1.165) is 21.0 Å². The number of aryl methyl sites for hydroxylation is 2. The molecule has 0 fully saturated rings. The van der Waals surface area contributed by atoms with Crippen LogP contribution in [0.3, 0.4) is 0 Å². The maximum Gasteiger partial charge on any atom is 0.264 e. The molecule has 0 heterocycles. The summed E-state index contributed by atoms with van der Waals surface area (Å²) in [5.41, 5.74) is 2.84. The Balaban J connectivity index is 2.13. The predicted octanol–water partition coefficient (Wildman–Crippen LogP) is 4.07. The molecule has 1 N–H and O–H groups in total. The zero-order chi connectivity index (χ0) is 29.4. The van der Waals surface area contributed by atoms with Crippen molar-refractivity contribution in [2.24, 2.45) is 0 Å². The normalized spacial score (nSPS) is 11.8. The van der Waals surface area contributed by atoms with Crippen molar-refractivity contribution in [2.75, 3.05) is 32.1 Å². The van der Waals surface area contributed by atoms with E-state index in [-0.39, 0.29) is 23.1 Å². The molecule has 3 aromatic rings. The average molecular weight is 568 g/mol. The number of benzene rings is 3. The summed E-state index contributed by atoms with van der Waals surface area (Å²) in [4.78, 5) is 28.2. The van der Waals surface area contributed by atoms with Gasteiger partial charge in [-0.3, -0.25) is 13.9 Å². The van der Waals surface area contributed by atoms with Crippen LogP contribution in [0.5, 0.6) is 11.5 Å². The quantitative estimate of drug-likeness (QED) is 0.354. The number of sulfonamides is 1. The molecule has 0 saturated carbocycles. The van der Waals surface area contributed by atoms with E-state index in [9.17, 15) is 18.0 Å². The van der Waals surface area contributed by atoms with Crippen LogP contribution in [0.1, 0.15) is 30.0 Å². The van der Waals surface area contributed by atoms with E-state index in [1.165, 1.54) is 44.4 Å². The molecule has 0 aliphatic carbocycles. The first kappa shape index (κ1) is 30.5. The van der Waals surface area contributed by atoms with Gasteiger partial charge in [-0.1, -0.05) is 43.3 Å². The third-order valence-corrected chi connectivity index (χ3v) is 8.31. The van der Waals surface area contributed by atoms with Crippen LogP contribution in [0.15, 0.2) is 71.6 Å². The van der Waals surface area contributed by atoms with E-state index in [1.807, 2.05) is 57.2 Å². The molecule has 2 amide bonds.